The number of hydrogen-bond acceptors (Lipinski definition) is 2. The molecule has 0 amide bonds. The summed E-state index contributed by atoms with van der Waals surface area (Å²) in [6.45, 7) is 6.54. The molecule has 0 N–H and O–H groups in total. The smallest absolute Gasteiger partial charge is 0.311 e. The second-order valence-corrected chi connectivity index (χ2v) is 8.85. The fourth-order valence-corrected chi connectivity index (χ4v) is 1.41. The molecule has 0 aromatic heterocycles. The lowest BCUT2D eigenvalue weighted by molar-refractivity contribution is -0.135. The van der Waals surface area contributed by atoms with E-state index in [9.17, 15) is 4.79 Å². The quantitative estimate of drug-likeness (QED) is 0.335. The molecule has 0 aliphatic carbocycles. The zero-order valence-electron chi connectivity index (χ0n) is 8.31. The van der Waals surface area contributed by atoms with E-state index in [1.807, 2.05) is 0 Å². The van der Waals surface area contributed by atoms with Gasteiger partial charge in [-0.3, -0.25) is 4.79 Å². The van der Waals surface area contributed by atoms with Gasteiger partial charge in [-0.25, -0.2) is 0 Å². The van der Waals surface area contributed by atoms with Crippen LogP contribution in [0.3, 0.4) is 0 Å². The van der Waals surface area contributed by atoms with Crippen molar-refractivity contribution in [1.82, 2.24) is 0 Å². The summed E-state index contributed by atoms with van der Waals surface area (Å²) >= 11 is 0. The number of cyclic esters (lactones) is 1. The van der Waals surface area contributed by atoms with E-state index < -0.39 is 8.07 Å². The fraction of sp³-hybridized carbons (Fsp3) is 0.500. The number of rotatable bonds is 0. The third kappa shape index (κ3) is 3.95. The highest BCUT2D eigenvalue weighted by molar-refractivity contribution is 6.83. The Balaban J connectivity index is 2.57. The predicted octanol–water partition coefficient (Wildman–Crippen LogP) is 2.09. The Morgan fingerprint density at radius 1 is 1.38 bits per heavy atom. The molecule has 1 fully saturated rings. The Morgan fingerprint density at radius 2 is 2.08 bits per heavy atom. The van der Waals surface area contributed by atoms with Crippen molar-refractivity contribution in [2.24, 2.45) is 0 Å². The van der Waals surface area contributed by atoms with Crippen molar-refractivity contribution in [2.45, 2.75) is 32.5 Å². The van der Waals surface area contributed by atoms with Gasteiger partial charge in [-0.05, 0) is 0 Å². The van der Waals surface area contributed by atoms with Crippen LogP contribution in [0.5, 0.6) is 0 Å². The van der Waals surface area contributed by atoms with Crippen molar-refractivity contribution in [3.05, 3.63) is 11.8 Å². The van der Waals surface area contributed by atoms with Crippen molar-refractivity contribution in [3.8, 4) is 11.5 Å². The molecule has 0 aromatic rings. The first-order valence-corrected chi connectivity index (χ1v) is 7.90. The molecule has 1 heterocycles. The lowest BCUT2D eigenvalue weighted by atomic mass is 10.3. The maximum absolute atomic E-state index is 10.7. The molecule has 70 valence electrons. The maximum atomic E-state index is 10.7. The van der Waals surface area contributed by atoms with Crippen LogP contribution in [-0.2, 0) is 9.53 Å². The van der Waals surface area contributed by atoms with Crippen molar-refractivity contribution >= 4 is 14.0 Å². The molecule has 1 saturated heterocycles. The van der Waals surface area contributed by atoms with Crippen molar-refractivity contribution < 1.29 is 9.53 Å². The van der Waals surface area contributed by atoms with Crippen LogP contribution in [0.25, 0.3) is 0 Å². The Labute approximate surface area is 80.0 Å². The molecule has 2 nitrogen and oxygen atoms in total. The molecule has 13 heavy (non-hydrogen) atoms. The van der Waals surface area contributed by atoms with E-state index in [4.69, 9.17) is 4.74 Å². The lowest BCUT2D eigenvalue weighted by Crippen LogP contribution is -2.16. The summed E-state index contributed by atoms with van der Waals surface area (Å²) in [5.41, 5.74) is 3.18. The fourth-order valence-electron chi connectivity index (χ4n) is 0.908. The molecular formula is C10H14O2Si. The van der Waals surface area contributed by atoms with Crippen LogP contribution in [-0.4, -0.2) is 14.0 Å². The average molecular weight is 194 g/mol. The number of ether oxygens (including phenoxy) is 1. The van der Waals surface area contributed by atoms with E-state index in [1.54, 1.807) is 6.08 Å². The topological polar surface area (TPSA) is 26.3 Å². The summed E-state index contributed by atoms with van der Waals surface area (Å²) in [6.07, 6.45) is 2.93. The zero-order chi connectivity index (χ0) is 9.90. The summed E-state index contributed by atoms with van der Waals surface area (Å²) < 4.78 is 4.91. The SMILES string of the molecule is C[Si](C)(C)C#CC=C1CCC(=O)O1. The number of carbonyl (C=O) groups excluding carboxylic acids is 1. The molecule has 3 heteroatoms. The van der Waals surface area contributed by atoms with Gasteiger partial charge in [0.1, 0.15) is 13.8 Å². The molecule has 1 rings (SSSR count). The molecule has 1 aliphatic rings. The molecule has 0 radical (unpaired) electrons. The highest BCUT2D eigenvalue weighted by Crippen LogP contribution is 2.16. The number of hydrogen-bond donors (Lipinski definition) is 0. The average Bonchev–Trinajstić information content (AvgIpc) is 2.33. The van der Waals surface area contributed by atoms with Crippen molar-refractivity contribution in [1.29, 1.82) is 0 Å². The second kappa shape index (κ2) is 3.80. The van der Waals surface area contributed by atoms with Crippen LogP contribution in [0.1, 0.15) is 12.8 Å². The molecule has 0 unspecified atom stereocenters. The minimum absolute atomic E-state index is 0.138. The summed E-state index contributed by atoms with van der Waals surface area (Å²) in [6, 6.07) is 0. The highest BCUT2D eigenvalue weighted by Gasteiger charge is 2.16. The molecule has 0 saturated carbocycles. The zero-order valence-corrected chi connectivity index (χ0v) is 9.31. The number of allylic oxidation sites excluding steroid dienone is 2. The third-order valence-corrected chi connectivity index (χ3v) is 2.40. The van der Waals surface area contributed by atoms with E-state index in [1.165, 1.54) is 0 Å². The van der Waals surface area contributed by atoms with Crippen LogP contribution in [0.15, 0.2) is 11.8 Å². The third-order valence-electron chi connectivity index (χ3n) is 1.50. The predicted molar refractivity (Wildman–Crippen MR) is 54.5 cm³/mol. The highest BCUT2D eigenvalue weighted by atomic mass is 28.3. The molecular weight excluding hydrogens is 180 g/mol. The summed E-state index contributed by atoms with van der Waals surface area (Å²) in [5, 5.41) is 0. The van der Waals surface area contributed by atoms with Gasteiger partial charge in [-0.2, -0.15) is 0 Å². The van der Waals surface area contributed by atoms with E-state index >= 15 is 0 Å². The number of esters is 1. The Kier molecular flexibility index (Phi) is 2.94. The van der Waals surface area contributed by atoms with Crippen LogP contribution in [0, 0.1) is 11.5 Å². The second-order valence-electron chi connectivity index (χ2n) is 4.10. The van der Waals surface area contributed by atoms with E-state index in [-0.39, 0.29) is 5.97 Å². The van der Waals surface area contributed by atoms with Gasteiger partial charge in [-0.15, -0.1) is 5.54 Å². The minimum Gasteiger partial charge on any atom is -0.430 e. The van der Waals surface area contributed by atoms with E-state index in [0.29, 0.717) is 12.8 Å². The molecule has 0 atom stereocenters. The van der Waals surface area contributed by atoms with E-state index in [0.717, 1.165) is 5.76 Å². The van der Waals surface area contributed by atoms with Crippen LogP contribution in [0.2, 0.25) is 19.6 Å². The minimum atomic E-state index is -1.29. The molecule has 1 aliphatic heterocycles. The van der Waals surface area contributed by atoms with Crippen molar-refractivity contribution in [3.63, 3.8) is 0 Å². The van der Waals surface area contributed by atoms with Gasteiger partial charge in [0.2, 0.25) is 0 Å². The first kappa shape index (κ1) is 10.1. The first-order valence-electron chi connectivity index (χ1n) is 4.40. The molecule has 0 spiro atoms. The van der Waals surface area contributed by atoms with Gasteiger partial charge < -0.3 is 4.74 Å². The standard InChI is InChI=1S/C10H14O2Si/c1-13(2,3)8-4-5-9-6-7-10(11)12-9/h5H,6-7H2,1-3H3. The maximum Gasteiger partial charge on any atom is 0.311 e. The van der Waals surface area contributed by atoms with Crippen LogP contribution < -0.4 is 0 Å². The van der Waals surface area contributed by atoms with Gasteiger partial charge in [0.15, 0.2) is 0 Å². The Hall–Kier alpha value is -1.01. The van der Waals surface area contributed by atoms with Gasteiger partial charge in [0, 0.05) is 12.5 Å². The monoisotopic (exact) mass is 194 g/mol. The Morgan fingerprint density at radius 3 is 2.54 bits per heavy atom. The Bertz CT molecular complexity index is 299. The van der Waals surface area contributed by atoms with Crippen LogP contribution in [0.4, 0.5) is 0 Å². The van der Waals surface area contributed by atoms with Gasteiger partial charge in [0.25, 0.3) is 0 Å². The summed E-state index contributed by atoms with van der Waals surface area (Å²) in [5.74, 6) is 3.54. The number of carbonyl (C=O) groups is 1. The van der Waals surface area contributed by atoms with Crippen LogP contribution >= 0.6 is 0 Å². The lowest BCUT2D eigenvalue weighted by Gasteiger charge is -2.02. The first-order chi connectivity index (χ1) is 5.97. The van der Waals surface area contributed by atoms with Crippen molar-refractivity contribution in [2.75, 3.05) is 0 Å². The van der Waals surface area contributed by atoms with Gasteiger partial charge in [-0.1, -0.05) is 25.6 Å². The van der Waals surface area contributed by atoms with E-state index in [2.05, 4.69) is 31.1 Å². The van der Waals surface area contributed by atoms with Gasteiger partial charge in [0.05, 0.1) is 6.42 Å². The summed E-state index contributed by atoms with van der Waals surface area (Å²) in [4.78, 5) is 10.7. The normalized spacial score (nSPS) is 19.6. The van der Waals surface area contributed by atoms with Gasteiger partial charge >= 0.3 is 5.97 Å². The summed E-state index contributed by atoms with van der Waals surface area (Å²) in [7, 11) is -1.29. The molecule has 0 aromatic carbocycles. The largest absolute Gasteiger partial charge is 0.430 e. The molecule has 0 bridgehead atoms.